The number of fused-ring (bicyclic) bond motifs is 1. The van der Waals surface area contributed by atoms with Crippen molar-refractivity contribution in [3.63, 3.8) is 0 Å². The van der Waals surface area contributed by atoms with Crippen LogP contribution in [-0.4, -0.2) is 29.4 Å². The molecule has 1 aromatic heterocycles. The second-order valence-electron chi connectivity index (χ2n) is 6.93. The summed E-state index contributed by atoms with van der Waals surface area (Å²) in [5.74, 6) is -0.0280. The smallest absolute Gasteiger partial charge is 0.322 e. The van der Waals surface area contributed by atoms with Gasteiger partial charge in [0.2, 0.25) is 0 Å². The van der Waals surface area contributed by atoms with Crippen LogP contribution < -0.4 is 20.7 Å². The Hall–Kier alpha value is -3.81. The molecule has 3 aromatic rings. The summed E-state index contributed by atoms with van der Waals surface area (Å²) in [5, 5.41) is 8.55. The zero-order chi connectivity index (χ0) is 20.6. The molecule has 0 spiro atoms. The van der Waals surface area contributed by atoms with Gasteiger partial charge in [-0.05, 0) is 49.7 Å². The van der Waals surface area contributed by atoms with Crippen molar-refractivity contribution in [2.45, 2.75) is 19.4 Å². The maximum atomic E-state index is 12.7. The maximum Gasteiger partial charge on any atom is 0.322 e. The van der Waals surface area contributed by atoms with Gasteiger partial charge in [0.1, 0.15) is 17.0 Å². The number of carbonyl (C=O) groups excluding carboxylic acids is 3. The van der Waals surface area contributed by atoms with Gasteiger partial charge in [0.05, 0.1) is 6.61 Å². The van der Waals surface area contributed by atoms with Gasteiger partial charge in [-0.25, -0.2) is 4.79 Å². The van der Waals surface area contributed by atoms with E-state index in [0.29, 0.717) is 23.6 Å². The van der Waals surface area contributed by atoms with Gasteiger partial charge < -0.3 is 20.4 Å². The number of aromatic amines is 1. The molecule has 0 radical (unpaired) electrons. The fourth-order valence-electron chi connectivity index (χ4n) is 3.34. The lowest BCUT2D eigenvalue weighted by molar-refractivity contribution is -0.123. The number of ether oxygens (including phenoxy) is 1. The van der Waals surface area contributed by atoms with Crippen LogP contribution in [0.4, 0.5) is 10.5 Å². The second-order valence-corrected chi connectivity index (χ2v) is 6.93. The van der Waals surface area contributed by atoms with Crippen LogP contribution >= 0.6 is 0 Å². The Morgan fingerprint density at radius 1 is 1.14 bits per heavy atom. The summed E-state index contributed by atoms with van der Waals surface area (Å²) < 4.78 is 5.48. The summed E-state index contributed by atoms with van der Waals surface area (Å²) in [7, 11) is 0. The largest absolute Gasteiger partial charge is 0.494 e. The van der Waals surface area contributed by atoms with Crippen molar-refractivity contribution in [1.29, 1.82) is 0 Å². The van der Waals surface area contributed by atoms with Crippen molar-refractivity contribution in [2.75, 3.05) is 11.9 Å². The Labute approximate surface area is 166 Å². The molecule has 2 heterocycles. The molecule has 8 heteroatoms. The summed E-state index contributed by atoms with van der Waals surface area (Å²) in [4.78, 5) is 39.4. The van der Waals surface area contributed by atoms with Gasteiger partial charge in [-0.1, -0.05) is 12.1 Å². The van der Waals surface area contributed by atoms with E-state index in [2.05, 4.69) is 20.9 Å². The molecular weight excluding hydrogens is 372 g/mol. The van der Waals surface area contributed by atoms with Crippen LogP contribution in [0.5, 0.6) is 5.75 Å². The molecule has 4 N–H and O–H groups in total. The molecule has 1 atom stereocenters. The average molecular weight is 392 g/mol. The molecule has 1 fully saturated rings. The van der Waals surface area contributed by atoms with Crippen LogP contribution in [0.3, 0.4) is 0 Å². The lowest BCUT2D eigenvalue weighted by Crippen LogP contribution is -2.40. The van der Waals surface area contributed by atoms with Crippen LogP contribution in [0, 0.1) is 0 Å². The van der Waals surface area contributed by atoms with Crippen molar-refractivity contribution in [1.82, 2.24) is 15.6 Å². The summed E-state index contributed by atoms with van der Waals surface area (Å²) in [5.41, 5.74) is 1.09. The minimum absolute atomic E-state index is 0.318. The Morgan fingerprint density at radius 2 is 1.97 bits per heavy atom. The van der Waals surface area contributed by atoms with Crippen LogP contribution in [0.15, 0.2) is 48.5 Å². The van der Waals surface area contributed by atoms with E-state index in [1.807, 2.05) is 25.1 Å². The zero-order valence-corrected chi connectivity index (χ0v) is 16.0. The minimum Gasteiger partial charge on any atom is -0.494 e. The Morgan fingerprint density at radius 3 is 2.69 bits per heavy atom. The molecule has 1 unspecified atom stereocenters. The molecule has 1 aliphatic heterocycles. The molecule has 1 saturated heterocycles. The lowest BCUT2D eigenvalue weighted by atomic mass is 9.92. The van der Waals surface area contributed by atoms with Crippen molar-refractivity contribution < 1.29 is 19.1 Å². The number of hydrogen-bond donors (Lipinski definition) is 4. The number of carbonyl (C=O) groups is 3. The number of imide groups is 1. The lowest BCUT2D eigenvalue weighted by Gasteiger charge is -2.21. The van der Waals surface area contributed by atoms with E-state index < -0.39 is 17.5 Å². The summed E-state index contributed by atoms with van der Waals surface area (Å²) in [6, 6.07) is 13.6. The van der Waals surface area contributed by atoms with E-state index in [-0.39, 0.29) is 5.91 Å². The molecule has 8 nitrogen and oxygen atoms in total. The molecule has 4 rings (SSSR count). The molecule has 148 valence electrons. The standard InChI is InChI=1S/C21H20N4O4/c1-3-29-15-8-7-12-9-17(23-16(12)11-15)18(26)22-14-6-4-5-13(10-14)21(2)19(27)24-20(28)25-21/h4-11,23H,3H2,1-2H3,(H,22,26)(H2,24,25,27,28). The fourth-order valence-corrected chi connectivity index (χ4v) is 3.34. The highest BCUT2D eigenvalue weighted by Crippen LogP contribution is 2.27. The highest BCUT2D eigenvalue weighted by molar-refractivity contribution is 6.08. The number of benzene rings is 2. The monoisotopic (exact) mass is 392 g/mol. The van der Waals surface area contributed by atoms with E-state index in [1.165, 1.54) is 0 Å². The van der Waals surface area contributed by atoms with E-state index in [9.17, 15) is 14.4 Å². The SMILES string of the molecule is CCOc1ccc2cc(C(=O)Nc3cccc(C4(C)NC(=O)NC4=O)c3)[nH]c2c1. The number of H-pyrrole nitrogens is 1. The van der Waals surface area contributed by atoms with Crippen LogP contribution in [0.25, 0.3) is 10.9 Å². The molecule has 0 aliphatic carbocycles. The van der Waals surface area contributed by atoms with Gasteiger partial charge in [-0.3, -0.25) is 14.9 Å². The third kappa shape index (κ3) is 3.40. The van der Waals surface area contributed by atoms with E-state index in [0.717, 1.165) is 16.7 Å². The first-order valence-corrected chi connectivity index (χ1v) is 9.20. The van der Waals surface area contributed by atoms with Crippen molar-refractivity contribution in [3.8, 4) is 5.75 Å². The van der Waals surface area contributed by atoms with Crippen molar-refractivity contribution in [2.24, 2.45) is 0 Å². The van der Waals surface area contributed by atoms with Crippen molar-refractivity contribution in [3.05, 3.63) is 59.8 Å². The first kappa shape index (κ1) is 18.5. The first-order valence-electron chi connectivity index (χ1n) is 9.20. The Kier molecular flexibility index (Phi) is 4.46. The number of rotatable bonds is 5. The van der Waals surface area contributed by atoms with Gasteiger partial charge in [-0.2, -0.15) is 0 Å². The fraction of sp³-hybridized carbons (Fsp3) is 0.190. The topological polar surface area (TPSA) is 112 Å². The minimum atomic E-state index is -1.19. The van der Waals surface area contributed by atoms with Crippen LogP contribution in [-0.2, 0) is 10.3 Å². The third-order valence-electron chi connectivity index (χ3n) is 4.89. The molecule has 2 aromatic carbocycles. The van der Waals surface area contributed by atoms with Crippen LogP contribution in [0.2, 0.25) is 0 Å². The van der Waals surface area contributed by atoms with E-state index in [1.54, 1.807) is 37.3 Å². The van der Waals surface area contributed by atoms with Crippen LogP contribution in [0.1, 0.15) is 29.9 Å². The zero-order valence-electron chi connectivity index (χ0n) is 16.0. The van der Waals surface area contributed by atoms with Gasteiger partial charge >= 0.3 is 6.03 Å². The first-order chi connectivity index (χ1) is 13.9. The average Bonchev–Trinajstić information content (AvgIpc) is 3.22. The molecule has 1 aliphatic rings. The number of aromatic nitrogens is 1. The van der Waals surface area contributed by atoms with E-state index in [4.69, 9.17) is 4.74 Å². The number of nitrogens with one attached hydrogen (secondary N) is 4. The molecule has 0 bridgehead atoms. The third-order valence-corrected chi connectivity index (χ3v) is 4.89. The Balaban J connectivity index is 1.57. The molecular formula is C21H20N4O4. The highest BCUT2D eigenvalue weighted by atomic mass is 16.5. The summed E-state index contributed by atoms with van der Waals surface area (Å²) >= 11 is 0. The summed E-state index contributed by atoms with van der Waals surface area (Å²) in [6.45, 7) is 4.09. The van der Waals surface area contributed by atoms with E-state index >= 15 is 0 Å². The van der Waals surface area contributed by atoms with Gasteiger partial charge in [0, 0.05) is 22.7 Å². The Bertz CT molecular complexity index is 1140. The number of hydrogen-bond acceptors (Lipinski definition) is 4. The number of urea groups is 1. The number of anilines is 1. The highest BCUT2D eigenvalue weighted by Gasteiger charge is 2.43. The van der Waals surface area contributed by atoms with Gasteiger partial charge in [0.25, 0.3) is 11.8 Å². The normalized spacial score (nSPS) is 18.4. The second kappa shape index (κ2) is 6.97. The molecule has 29 heavy (non-hydrogen) atoms. The maximum absolute atomic E-state index is 12.7. The van der Waals surface area contributed by atoms with Gasteiger partial charge in [-0.15, -0.1) is 0 Å². The molecule has 4 amide bonds. The van der Waals surface area contributed by atoms with Crippen molar-refractivity contribution >= 4 is 34.4 Å². The van der Waals surface area contributed by atoms with Gasteiger partial charge in [0.15, 0.2) is 0 Å². The predicted molar refractivity (Wildman–Crippen MR) is 108 cm³/mol. The summed E-state index contributed by atoms with van der Waals surface area (Å²) in [6.07, 6.45) is 0. The molecule has 0 saturated carbocycles. The predicted octanol–water partition coefficient (Wildman–Crippen LogP) is 2.87. The quantitative estimate of drug-likeness (QED) is 0.500. The number of amides is 4.